The number of carbonyl (C=O) groups excluding carboxylic acids is 1. The molecule has 2 aromatic heterocycles. The van der Waals surface area contributed by atoms with Crippen molar-refractivity contribution in [2.75, 3.05) is 19.7 Å². The third-order valence-electron chi connectivity index (χ3n) is 5.22. The first-order valence-corrected chi connectivity index (χ1v) is 10.1. The van der Waals surface area contributed by atoms with E-state index in [1.165, 1.54) is 6.07 Å². The number of carbonyl (C=O) groups is 1. The second kappa shape index (κ2) is 8.90. The molecule has 1 unspecified atom stereocenters. The highest BCUT2D eigenvalue weighted by atomic mass is 16.5. The first-order chi connectivity index (χ1) is 14.6. The SMILES string of the molecule is CCOc1ccc(CC(=O)N2CCC(c3cc(=O)[nH]c(-c4ccccn4)n3)C2)cc1. The third-order valence-corrected chi connectivity index (χ3v) is 5.22. The number of ether oxygens (including phenoxy) is 1. The van der Waals surface area contributed by atoms with E-state index in [1.807, 2.05) is 54.3 Å². The van der Waals surface area contributed by atoms with Crippen LogP contribution in [0.25, 0.3) is 11.5 Å². The van der Waals surface area contributed by atoms with Gasteiger partial charge in [-0.25, -0.2) is 4.98 Å². The summed E-state index contributed by atoms with van der Waals surface area (Å²) in [4.78, 5) is 38.4. The summed E-state index contributed by atoms with van der Waals surface area (Å²) < 4.78 is 5.45. The maximum absolute atomic E-state index is 12.8. The van der Waals surface area contributed by atoms with Crippen LogP contribution in [0.1, 0.15) is 30.5 Å². The summed E-state index contributed by atoms with van der Waals surface area (Å²) in [7, 11) is 0. The fraction of sp³-hybridized carbons (Fsp3) is 0.304. The molecule has 0 aliphatic carbocycles. The fourth-order valence-electron chi connectivity index (χ4n) is 3.69. The van der Waals surface area contributed by atoms with Crippen molar-refractivity contribution >= 4 is 5.91 Å². The highest BCUT2D eigenvalue weighted by Crippen LogP contribution is 2.26. The molecule has 154 valence electrons. The summed E-state index contributed by atoms with van der Waals surface area (Å²) in [6, 6.07) is 14.6. The largest absolute Gasteiger partial charge is 0.494 e. The summed E-state index contributed by atoms with van der Waals surface area (Å²) in [6.45, 7) is 3.78. The lowest BCUT2D eigenvalue weighted by molar-refractivity contribution is -0.129. The van der Waals surface area contributed by atoms with Crippen LogP contribution >= 0.6 is 0 Å². The van der Waals surface area contributed by atoms with Gasteiger partial charge in [-0.1, -0.05) is 18.2 Å². The van der Waals surface area contributed by atoms with Gasteiger partial charge in [0, 0.05) is 31.3 Å². The van der Waals surface area contributed by atoms with E-state index in [0.717, 1.165) is 17.7 Å². The van der Waals surface area contributed by atoms with E-state index in [-0.39, 0.29) is 17.4 Å². The van der Waals surface area contributed by atoms with Gasteiger partial charge in [-0.15, -0.1) is 0 Å². The van der Waals surface area contributed by atoms with Crippen molar-refractivity contribution in [2.24, 2.45) is 0 Å². The Bertz CT molecular complexity index is 1060. The Morgan fingerprint density at radius 3 is 2.80 bits per heavy atom. The molecule has 1 N–H and O–H groups in total. The number of aromatic amines is 1. The van der Waals surface area contributed by atoms with E-state index >= 15 is 0 Å². The molecule has 0 bridgehead atoms. The number of nitrogens with zero attached hydrogens (tertiary/aromatic N) is 3. The summed E-state index contributed by atoms with van der Waals surface area (Å²) in [6.07, 6.45) is 2.80. The van der Waals surface area contributed by atoms with Crippen molar-refractivity contribution in [3.8, 4) is 17.3 Å². The summed E-state index contributed by atoms with van der Waals surface area (Å²) >= 11 is 0. The van der Waals surface area contributed by atoms with Crippen molar-refractivity contribution in [1.82, 2.24) is 19.9 Å². The van der Waals surface area contributed by atoms with E-state index < -0.39 is 0 Å². The molecule has 4 rings (SSSR count). The van der Waals surface area contributed by atoms with E-state index in [2.05, 4.69) is 15.0 Å². The molecule has 3 heterocycles. The standard InChI is InChI=1S/C23H24N4O3/c1-2-30-18-8-6-16(7-9-18)13-22(29)27-12-10-17(15-27)20-14-21(28)26-23(25-20)19-5-3-4-11-24-19/h3-9,11,14,17H,2,10,12-13,15H2,1H3,(H,25,26,28). The lowest BCUT2D eigenvalue weighted by Crippen LogP contribution is -2.30. The molecule has 7 nitrogen and oxygen atoms in total. The molecule has 30 heavy (non-hydrogen) atoms. The highest BCUT2D eigenvalue weighted by Gasteiger charge is 2.28. The zero-order chi connectivity index (χ0) is 20.9. The Labute approximate surface area is 174 Å². The number of aromatic nitrogens is 3. The highest BCUT2D eigenvalue weighted by molar-refractivity contribution is 5.79. The third kappa shape index (κ3) is 4.56. The van der Waals surface area contributed by atoms with Gasteiger partial charge in [0.2, 0.25) is 5.91 Å². The van der Waals surface area contributed by atoms with Crippen LogP contribution in [0, 0.1) is 0 Å². The van der Waals surface area contributed by atoms with Crippen molar-refractivity contribution < 1.29 is 9.53 Å². The molecule has 1 fully saturated rings. The molecule has 0 spiro atoms. The van der Waals surface area contributed by atoms with E-state index in [1.54, 1.807) is 6.20 Å². The zero-order valence-electron chi connectivity index (χ0n) is 16.9. The van der Waals surface area contributed by atoms with Gasteiger partial charge in [-0.05, 0) is 43.2 Å². The number of benzene rings is 1. The smallest absolute Gasteiger partial charge is 0.251 e. The molecule has 1 aliphatic rings. The summed E-state index contributed by atoms with van der Waals surface area (Å²) in [5.74, 6) is 1.38. The quantitative estimate of drug-likeness (QED) is 0.683. The number of amides is 1. The van der Waals surface area contributed by atoms with Crippen molar-refractivity contribution in [3.05, 3.63) is 76.3 Å². The lowest BCUT2D eigenvalue weighted by Gasteiger charge is -2.17. The number of H-pyrrole nitrogens is 1. The van der Waals surface area contributed by atoms with Gasteiger partial charge in [0.25, 0.3) is 5.56 Å². The molecule has 7 heteroatoms. The maximum atomic E-state index is 12.8. The maximum Gasteiger partial charge on any atom is 0.251 e. The molecular formula is C23H24N4O3. The Hall–Kier alpha value is -3.48. The van der Waals surface area contributed by atoms with Gasteiger partial charge < -0.3 is 14.6 Å². The van der Waals surface area contributed by atoms with Crippen LogP contribution in [0.2, 0.25) is 0 Å². The van der Waals surface area contributed by atoms with Gasteiger partial charge in [-0.2, -0.15) is 0 Å². The summed E-state index contributed by atoms with van der Waals surface area (Å²) in [5.41, 5.74) is 2.08. The van der Waals surface area contributed by atoms with Crippen molar-refractivity contribution in [2.45, 2.75) is 25.7 Å². The average molecular weight is 404 g/mol. The number of pyridine rings is 1. The van der Waals surface area contributed by atoms with Gasteiger partial charge in [-0.3, -0.25) is 14.6 Å². The van der Waals surface area contributed by atoms with Crippen LogP contribution in [-0.2, 0) is 11.2 Å². The minimum atomic E-state index is -0.209. The van der Waals surface area contributed by atoms with Crippen LogP contribution in [0.5, 0.6) is 5.75 Å². The lowest BCUT2D eigenvalue weighted by atomic mass is 10.0. The summed E-state index contributed by atoms with van der Waals surface area (Å²) in [5, 5.41) is 0. The van der Waals surface area contributed by atoms with Crippen molar-refractivity contribution in [3.63, 3.8) is 0 Å². The van der Waals surface area contributed by atoms with E-state index in [9.17, 15) is 9.59 Å². The van der Waals surface area contributed by atoms with Crippen LogP contribution in [-0.4, -0.2) is 45.5 Å². The minimum Gasteiger partial charge on any atom is -0.494 e. The van der Waals surface area contributed by atoms with Gasteiger partial charge in [0.05, 0.1) is 18.7 Å². The van der Waals surface area contributed by atoms with Gasteiger partial charge in [0.1, 0.15) is 11.4 Å². The first-order valence-electron chi connectivity index (χ1n) is 10.1. The average Bonchev–Trinajstić information content (AvgIpc) is 3.26. The normalized spacial score (nSPS) is 15.9. The zero-order valence-corrected chi connectivity index (χ0v) is 16.9. The molecule has 0 saturated carbocycles. The fourth-order valence-corrected chi connectivity index (χ4v) is 3.69. The van der Waals surface area contributed by atoms with Crippen LogP contribution < -0.4 is 10.3 Å². The molecule has 1 aromatic carbocycles. The van der Waals surface area contributed by atoms with Crippen LogP contribution in [0.3, 0.4) is 0 Å². The predicted molar refractivity (Wildman–Crippen MR) is 113 cm³/mol. The predicted octanol–water partition coefficient (Wildman–Crippen LogP) is 2.79. The van der Waals surface area contributed by atoms with Gasteiger partial charge >= 0.3 is 0 Å². The Morgan fingerprint density at radius 1 is 1.23 bits per heavy atom. The van der Waals surface area contributed by atoms with E-state index in [0.29, 0.717) is 43.3 Å². The number of hydrogen-bond donors (Lipinski definition) is 1. The first kappa shape index (κ1) is 19.8. The monoisotopic (exact) mass is 404 g/mol. The topological polar surface area (TPSA) is 88.2 Å². The van der Waals surface area contributed by atoms with Crippen molar-refractivity contribution in [1.29, 1.82) is 0 Å². The Kier molecular flexibility index (Phi) is 5.88. The molecule has 1 aliphatic heterocycles. The van der Waals surface area contributed by atoms with Crippen LogP contribution in [0.4, 0.5) is 0 Å². The second-order valence-electron chi connectivity index (χ2n) is 7.31. The molecule has 1 amide bonds. The number of hydrogen-bond acceptors (Lipinski definition) is 5. The van der Waals surface area contributed by atoms with E-state index in [4.69, 9.17) is 4.74 Å². The van der Waals surface area contributed by atoms with Gasteiger partial charge in [0.15, 0.2) is 5.82 Å². The molecule has 1 atom stereocenters. The minimum absolute atomic E-state index is 0.0408. The number of rotatable bonds is 6. The molecular weight excluding hydrogens is 380 g/mol. The molecule has 0 radical (unpaired) electrons. The Morgan fingerprint density at radius 2 is 2.07 bits per heavy atom. The van der Waals surface area contributed by atoms with Crippen LogP contribution in [0.15, 0.2) is 59.5 Å². The second-order valence-corrected chi connectivity index (χ2v) is 7.31. The number of nitrogens with one attached hydrogen (secondary N) is 1. The molecule has 1 saturated heterocycles. The number of likely N-dealkylation sites (tertiary alicyclic amines) is 1. The Balaban J connectivity index is 1.43. The molecule has 3 aromatic rings.